The first-order valence-corrected chi connectivity index (χ1v) is 5.25. The van der Waals surface area contributed by atoms with Gasteiger partial charge in [-0.3, -0.25) is 0 Å². The van der Waals surface area contributed by atoms with Gasteiger partial charge in [0.2, 0.25) is 0 Å². The molecule has 0 fully saturated rings. The van der Waals surface area contributed by atoms with Gasteiger partial charge in [0.1, 0.15) is 21.4 Å². The molecule has 6 heteroatoms. The molecule has 1 aromatic carbocycles. The van der Waals surface area contributed by atoms with Gasteiger partial charge in [0, 0.05) is 12.1 Å². The summed E-state index contributed by atoms with van der Waals surface area (Å²) in [6, 6.07) is 4.51. The summed E-state index contributed by atoms with van der Waals surface area (Å²) in [6.45, 7) is 0. The van der Waals surface area contributed by atoms with Crippen LogP contribution in [0.1, 0.15) is 0 Å². The van der Waals surface area contributed by atoms with Crippen molar-refractivity contribution >= 4 is 16.5 Å². The minimum absolute atomic E-state index is 0.129. The lowest BCUT2D eigenvalue weighted by Crippen LogP contribution is -2.37. The van der Waals surface area contributed by atoms with E-state index < -0.39 is 15.6 Å². The van der Waals surface area contributed by atoms with E-state index in [2.05, 4.69) is 0 Å². The monoisotopic (exact) mass is 215 g/mol. The maximum absolute atomic E-state index is 11.4. The van der Waals surface area contributed by atoms with Crippen LogP contribution in [0.25, 0.3) is 0 Å². The number of hydroxylamine groups is 2. The Labute approximate surface area is 83.1 Å². The molecule has 1 aliphatic rings. The largest absolute Gasteiger partial charge is 0.592 e. The Morgan fingerprint density at radius 1 is 1.64 bits per heavy atom. The third kappa shape index (κ3) is 1.32. The molecule has 14 heavy (non-hydrogen) atoms. The van der Waals surface area contributed by atoms with Crippen molar-refractivity contribution in [3.63, 3.8) is 0 Å². The number of ether oxygens (including phenoxy) is 1. The number of hydrogen-bond donors (Lipinski definition) is 1. The fraction of sp³-hybridized carbons (Fsp3) is 0.250. The molecule has 1 N–H and O–H groups in total. The van der Waals surface area contributed by atoms with E-state index in [1.807, 2.05) is 0 Å². The summed E-state index contributed by atoms with van der Waals surface area (Å²) < 4.78 is 16.4. The number of quaternary nitrogens is 1. The molecule has 0 saturated carbocycles. The second-order valence-corrected chi connectivity index (χ2v) is 4.40. The maximum atomic E-state index is 11.4. The summed E-state index contributed by atoms with van der Waals surface area (Å²) in [7, 11) is 0.0346. The van der Waals surface area contributed by atoms with Crippen molar-refractivity contribution in [2.45, 2.75) is 4.90 Å². The highest BCUT2D eigenvalue weighted by Crippen LogP contribution is 2.37. The van der Waals surface area contributed by atoms with E-state index in [0.29, 0.717) is 10.6 Å². The van der Waals surface area contributed by atoms with Crippen LogP contribution in [0.2, 0.25) is 0 Å². The Hall–Kier alpha value is -0.950. The molecule has 0 radical (unpaired) electrons. The first-order valence-electron chi connectivity index (χ1n) is 3.93. The topological polar surface area (TPSA) is 69.6 Å². The molecule has 1 heterocycles. The van der Waals surface area contributed by atoms with Crippen LogP contribution in [0.3, 0.4) is 0 Å². The highest BCUT2D eigenvalue weighted by atomic mass is 32.2. The number of methoxy groups -OCH3 is 1. The molecule has 2 rings (SSSR count). The number of benzene rings is 1. The van der Waals surface area contributed by atoms with E-state index in [1.165, 1.54) is 19.2 Å². The summed E-state index contributed by atoms with van der Waals surface area (Å²) in [5, 5.41) is 20.7. The third-order valence-electron chi connectivity index (χ3n) is 2.08. The number of fused-ring (bicyclic) bond motifs is 1. The summed E-state index contributed by atoms with van der Waals surface area (Å²) in [6.07, 6.45) is 0. The average Bonchev–Trinajstić information content (AvgIpc) is 2.37. The zero-order valence-electron chi connectivity index (χ0n) is 7.47. The highest BCUT2D eigenvalue weighted by molar-refractivity contribution is 7.85. The SMILES string of the molecule is COc1ccc2c(c1)S(=O)C[N+]2([O-])O. The Bertz CT molecular complexity index is 404. The maximum Gasteiger partial charge on any atom is 0.193 e. The van der Waals surface area contributed by atoms with Crippen LogP contribution in [0, 0.1) is 5.21 Å². The lowest BCUT2D eigenvalue weighted by atomic mass is 10.3. The number of nitrogens with zero attached hydrogens (tertiary/aromatic N) is 1. The molecular formula is C8H9NO4S. The molecule has 1 aromatic rings. The van der Waals surface area contributed by atoms with E-state index in [-0.39, 0.29) is 11.6 Å². The summed E-state index contributed by atoms with van der Waals surface area (Å²) in [5.74, 6) is 0.182. The summed E-state index contributed by atoms with van der Waals surface area (Å²) in [4.78, 5) is -1.21. The van der Waals surface area contributed by atoms with Gasteiger partial charge in [-0.1, -0.05) is 0 Å². The third-order valence-corrected chi connectivity index (χ3v) is 3.48. The van der Waals surface area contributed by atoms with Crippen molar-refractivity contribution in [1.29, 1.82) is 0 Å². The van der Waals surface area contributed by atoms with Crippen molar-refractivity contribution in [3.8, 4) is 5.75 Å². The highest BCUT2D eigenvalue weighted by Gasteiger charge is 2.36. The second-order valence-electron chi connectivity index (χ2n) is 3.01. The standard InChI is InChI=1S/C8H9NO4S/c1-13-6-2-3-7-8(4-6)14(12)5-9(7,10)11/h2-4,10H,5H2,1H3. The Kier molecular flexibility index (Phi) is 2.07. The van der Waals surface area contributed by atoms with Crippen molar-refractivity contribution in [2.75, 3.05) is 13.0 Å². The lowest BCUT2D eigenvalue weighted by molar-refractivity contribution is -0.0105. The second kappa shape index (κ2) is 3.03. The average molecular weight is 215 g/mol. The van der Waals surface area contributed by atoms with Crippen LogP contribution in [0.4, 0.5) is 5.69 Å². The molecule has 0 aliphatic carbocycles. The predicted octanol–water partition coefficient (Wildman–Crippen LogP) is 0.968. The molecular weight excluding hydrogens is 206 g/mol. The molecule has 2 unspecified atom stereocenters. The van der Waals surface area contributed by atoms with Crippen molar-refractivity contribution < 1.29 is 14.2 Å². The van der Waals surface area contributed by atoms with Crippen LogP contribution in [-0.2, 0) is 10.8 Å². The number of hydrogen-bond acceptors (Lipinski definition) is 4. The van der Waals surface area contributed by atoms with E-state index in [4.69, 9.17) is 4.74 Å². The van der Waals surface area contributed by atoms with Crippen LogP contribution in [0.5, 0.6) is 5.75 Å². The van der Waals surface area contributed by atoms with Gasteiger partial charge >= 0.3 is 0 Å². The van der Waals surface area contributed by atoms with E-state index in [9.17, 15) is 14.6 Å². The molecule has 1 aliphatic heterocycles. The first kappa shape index (κ1) is 9.60. The van der Waals surface area contributed by atoms with Gasteiger partial charge in [0.15, 0.2) is 11.6 Å². The van der Waals surface area contributed by atoms with Gasteiger partial charge in [-0.2, -0.15) is 4.81 Å². The van der Waals surface area contributed by atoms with Gasteiger partial charge in [-0.05, 0) is 6.07 Å². The minimum atomic E-state index is -1.56. The molecule has 2 atom stereocenters. The van der Waals surface area contributed by atoms with Crippen LogP contribution in [-0.4, -0.2) is 22.4 Å². The Balaban J connectivity index is 2.58. The molecule has 76 valence electrons. The van der Waals surface area contributed by atoms with Gasteiger partial charge in [0.25, 0.3) is 0 Å². The fourth-order valence-electron chi connectivity index (χ4n) is 1.39. The quantitative estimate of drug-likeness (QED) is 0.559. The smallest absolute Gasteiger partial charge is 0.193 e. The first-order chi connectivity index (χ1) is 6.54. The Morgan fingerprint density at radius 3 is 3.00 bits per heavy atom. The molecule has 0 amide bonds. The van der Waals surface area contributed by atoms with Gasteiger partial charge in [-0.15, -0.1) is 0 Å². The molecule has 0 saturated heterocycles. The number of rotatable bonds is 1. The van der Waals surface area contributed by atoms with Gasteiger partial charge in [0.05, 0.1) is 7.11 Å². The Morgan fingerprint density at radius 2 is 2.36 bits per heavy atom. The lowest BCUT2D eigenvalue weighted by Gasteiger charge is -2.26. The van der Waals surface area contributed by atoms with Crippen molar-refractivity contribution in [1.82, 2.24) is 4.81 Å². The molecule has 5 nitrogen and oxygen atoms in total. The van der Waals surface area contributed by atoms with Gasteiger partial charge in [-0.25, -0.2) is 9.42 Å². The fourth-order valence-corrected chi connectivity index (χ4v) is 2.68. The van der Waals surface area contributed by atoms with Crippen LogP contribution in [0.15, 0.2) is 23.1 Å². The predicted molar refractivity (Wildman–Crippen MR) is 51.2 cm³/mol. The zero-order chi connectivity index (χ0) is 10.3. The van der Waals surface area contributed by atoms with Gasteiger partial charge < -0.3 is 9.94 Å². The summed E-state index contributed by atoms with van der Waals surface area (Å²) >= 11 is 0. The van der Waals surface area contributed by atoms with E-state index in [1.54, 1.807) is 6.07 Å². The zero-order valence-corrected chi connectivity index (χ0v) is 8.28. The van der Waals surface area contributed by atoms with Crippen LogP contribution < -0.4 is 9.55 Å². The minimum Gasteiger partial charge on any atom is -0.592 e. The van der Waals surface area contributed by atoms with E-state index in [0.717, 1.165) is 0 Å². The molecule has 0 bridgehead atoms. The van der Waals surface area contributed by atoms with Crippen LogP contribution >= 0.6 is 0 Å². The van der Waals surface area contributed by atoms with E-state index >= 15 is 0 Å². The van der Waals surface area contributed by atoms with Crippen molar-refractivity contribution in [2.24, 2.45) is 0 Å². The van der Waals surface area contributed by atoms with Crippen molar-refractivity contribution in [3.05, 3.63) is 23.4 Å². The summed E-state index contributed by atoms with van der Waals surface area (Å²) in [5.41, 5.74) is 0.129. The molecule has 0 aromatic heterocycles. The normalized spacial score (nSPS) is 30.1. The molecule has 0 spiro atoms.